The number of hydrogen-bond acceptors (Lipinski definition) is 6. The molecule has 0 saturated heterocycles. The summed E-state index contributed by atoms with van der Waals surface area (Å²) in [6, 6.07) is 19.0. The van der Waals surface area contributed by atoms with Gasteiger partial charge in [-0.1, -0.05) is 53.2 Å². The first-order chi connectivity index (χ1) is 16.5. The number of allylic oxidation sites excluding steroid dienone is 1. The van der Waals surface area contributed by atoms with Gasteiger partial charge < -0.3 is 14.6 Å². The molecular weight excluding hydrogens is 448 g/mol. The summed E-state index contributed by atoms with van der Waals surface area (Å²) in [6.45, 7) is 4.42. The smallest absolute Gasteiger partial charge is 0.322 e. The van der Waals surface area contributed by atoms with Crippen LogP contribution in [0.4, 0.5) is 4.79 Å². The van der Waals surface area contributed by atoms with Crippen LogP contribution in [-0.4, -0.2) is 28.2 Å². The minimum Gasteiger partial charge on any atom is -0.497 e. The second kappa shape index (κ2) is 9.15. The molecule has 0 radical (unpaired) electrons. The minimum absolute atomic E-state index is 0.172. The quantitative estimate of drug-likeness (QED) is 0.383. The molecule has 0 saturated carbocycles. The number of aromatic nitrogens is 2. The first-order valence-electron chi connectivity index (χ1n) is 10.9. The van der Waals surface area contributed by atoms with Crippen LogP contribution >= 0.6 is 11.3 Å². The molecule has 2 aromatic carbocycles. The van der Waals surface area contributed by atoms with Crippen molar-refractivity contribution < 1.29 is 14.1 Å². The summed E-state index contributed by atoms with van der Waals surface area (Å²) in [5, 5.41) is 9.37. The highest BCUT2D eigenvalue weighted by Gasteiger charge is 2.36. The fourth-order valence-corrected chi connectivity index (χ4v) is 4.70. The highest BCUT2D eigenvalue weighted by molar-refractivity contribution is 7.09. The Kier molecular flexibility index (Phi) is 5.90. The Labute approximate surface area is 201 Å². The van der Waals surface area contributed by atoms with E-state index < -0.39 is 6.04 Å². The van der Waals surface area contributed by atoms with Crippen LogP contribution in [0, 0.1) is 6.92 Å². The lowest BCUT2D eigenvalue weighted by molar-refractivity contribution is 0.203. The van der Waals surface area contributed by atoms with Crippen molar-refractivity contribution in [3.05, 3.63) is 93.6 Å². The number of amides is 2. The summed E-state index contributed by atoms with van der Waals surface area (Å²) in [5.41, 5.74) is 4.47. The average Bonchev–Trinajstić information content (AvgIpc) is 3.54. The van der Waals surface area contributed by atoms with Gasteiger partial charge in [0.1, 0.15) is 5.75 Å². The van der Waals surface area contributed by atoms with Gasteiger partial charge in [0.15, 0.2) is 0 Å². The molecule has 1 aliphatic rings. The van der Waals surface area contributed by atoms with Crippen molar-refractivity contribution in [3.8, 4) is 17.1 Å². The number of hydrogen-bond donors (Lipinski definition) is 1. The van der Waals surface area contributed by atoms with E-state index in [1.54, 1.807) is 23.3 Å². The van der Waals surface area contributed by atoms with Crippen LogP contribution in [0.5, 0.6) is 5.75 Å². The highest BCUT2D eigenvalue weighted by atomic mass is 32.1. The number of methoxy groups -OCH3 is 1. The first kappa shape index (κ1) is 21.9. The Bertz CT molecular complexity index is 1330. The lowest BCUT2D eigenvalue weighted by Gasteiger charge is -2.35. The molecule has 1 unspecified atom stereocenters. The normalized spacial score (nSPS) is 16.0. The molecule has 2 amide bonds. The van der Waals surface area contributed by atoms with E-state index in [0.29, 0.717) is 18.3 Å². The highest BCUT2D eigenvalue weighted by Crippen LogP contribution is 2.38. The van der Waals surface area contributed by atoms with Crippen molar-refractivity contribution in [1.29, 1.82) is 0 Å². The van der Waals surface area contributed by atoms with E-state index in [9.17, 15) is 4.79 Å². The predicted molar refractivity (Wildman–Crippen MR) is 131 cm³/mol. The van der Waals surface area contributed by atoms with E-state index in [1.807, 2.05) is 79.9 Å². The van der Waals surface area contributed by atoms with Crippen molar-refractivity contribution in [2.24, 2.45) is 0 Å². The number of rotatable bonds is 6. The fraction of sp³-hybridized carbons (Fsp3) is 0.192. The maximum atomic E-state index is 13.2. The molecule has 2 aromatic heterocycles. The molecule has 0 bridgehead atoms. The molecule has 3 heterocycles. The third-order valence-corrected chi connectivity index (χ3v) is 6.77. The lowest BCUT2D eigenvalue weighted by Crippen LogP contribution is -2.45. The largest absolute Gasteiger partial charge is 0.497 e. The molecule has 5 rings (SSSR count). The van der Waals surface area contributed by atoms with Crippen LogP contribution < -0.4 is 10.1 Å². The van der Waals surface area contributed by atoms with Gasteiger partial charge >= 0.3 is 6.03 Å². The Morgan fingerprint density at radius 2 is 1.85 bits per heavy atom. The summed E-state index contributed by atoms with van der Waals surface area (Å²) < 4.78 is 11.1. The topological polar surface area (TPSA) is 80.5 Å². The Hall–Kier alpha value is -3.91. The lowest BCUT2D eigenvalue weighted by atomic mass is 9.94. The van der Waals surface area contributed by atoms with Gasteiger partial charge in [0, 0.05) is 16.1 Å². The number of benzene rings is 2. The van der Waals surface area contributed by atoms with Gasteiger partial charge in [-0.3, -0.25) is 4.90 Å². The average molecular weight is 473 g/mol. The number of urea groups is 1. The molecule has 34 heavy (non-hydrogen) atoms. The number of carbonyl (C=O) groups is 1. The number of carbonyl (C=O) groups excluding carboxylic acids is 1. The summed E-state index contributed by atoms with van der Waals surface area (Å²) in [6.07, 6.45) is 0. The number of nitrogens with one attached hydrogen (secondary N) is 1. The van der Waals surface area contributed by atoms with E-state index in [0.717, 1.165) is 38.6 Å². The maximum Gasteiger partial charge on any atom is 0.322 e. The summed E-state index contributed by atoms with van der Waals surface area (Å²) >= 11 is 1.61. The van der Waals surface area contributed by atoms with Gasteiger partial charge in [0.25, 0.3) is 5.89 Å². The standard InChI is InChI=1S/C26H24N4O3S/c1-16-6-8-19(9-7-16)24-28-25(33-29-24)22-17(2)30(15-21-5-4-14-34-21)26(31)27-23(22)18-10-12-20(32-3)13-11-18/h4-14,23H,15H2,1-3H3,(H,27,31). The van der Waals surface area contributed by atoms with Crippen molar-refractivity contribution in [2.45, 2.75) is 26.4 Å². The van der Waals surface area contributed by atoms with Crippen LogP contribution in [0.15, 0.2) is 76.3 Å². The molecular formula is C26H24N4O3S. The summed E-state index contributed by atoms with van der Waals surface area (Å²) in [4.78, 5) is 20.7. The molecule has 0 fully saturated rings. The van der Waals surface area contributed by atoms with E-state index >= 15 is 0 Å². The SMILES string of the molecule is COc1ccc(C2NC(=O)N(Cc3cccs3)C(C)=C2c2nc(-c3ccc(C)cc3)no2)cc1. The van der Waals surface area contributed by atoms with Crippen LogP contribution in [-0.2, 0) is 6.54 Å². The second-order valence-corrected chi connectivity index (χ2v) is 9.14. The molecule has 0 spiro atoms. The van der Waals surface area contributed by atoms with Crippen molar-refractivity contribution in [2.75, 3.05) is 7.11 Å². The van der Waals surface area contributed by atoms with Crippen LogP contribution in [0.2, 0.25) is 0 Å². The van der Waals surface area contributed by atoms with Gasteiger partial charge in [0.05, 0.1) is 25.3 Å². The monoisotopic (exact) mass is 472 g/mol. The Morgan fingerprint density at radius 3 is 2.53 bits per heavy atom. The summed E-state index contributed by atoms with van der Waals surface area (Å²) in [7, 11) is 1.63. The van der Waals surface area contributed by atoms with Crippen LogP contribution in [0.1, 0.15) is 34.9 Å². The molecule has 1 atom stereocenters. The molecule has 7 nitrogen and oxygen atoms in total. The number of nitrogens with zero attached hydrogens (tertiary/aromatic N) is 3. The zero-order chi connectivity index (χ0) is 23.7. The van der Waals surface area contributed by atoms with Gasteiger partial charge in [-0.15, -0.1) is 11.3 Å². The zero-order valence-corrected chi connectivity index (χ0v) is 19.9. The van der Waals surface area contributed by atoms with Gasteiger partial charge in [-0.2, -0.15) is 4.98 Å². The first-order valence-corrected chi connectivity index (χ1v) is 11.8. The molecule has 4 aromatic rings. The predicted octanol–water partition coefficient (Wildman–Crippen LogP) is 5.81. The van der Waals surface area contributed by atoms with E-state index in [1.165, 1.54) is 0 Å². The molecule has 0 aliphatic carbocycles. The van der Waals surface area contributed by atoms with Crippen LogP contribution in [0.3, 0.4) is 0 Å². The van der Waals surface area contributed by atoms with E-state index in [2.05, 4.69) is 10.5 Å². The molecule has 8 heteroatoms. The fourth-order valence-electron chi connectivity index (χ4n) is 4.01. The molecule has 1 N–H and O–H groups in total. The maximum absolute atomic E-state index is 13.2. The minimum atomic E-state index is -0.440. The van der Waals surface area contributed by atoms with Crippen LogP contribution in [0.25, 0.3) is 17.0 Å². The van der Waals surface area contributed by atoms with Crippen molar-refractivity contribution in [3.63, 3.8) is 0 Å². The Balaban J connectivity index is 1.58. The molecule has 172 valence electrons. The molecule has 1 aliphatic heterocycles. The van der Waals surface area contributed by atoms with Gasteiger partial charge in [0.2, 0.25) is 5.82 Å². The van der Waals surface area contributed by atoms with Crippen molar-refractivity contribution >= 4 is 22.9 Å². The zero-order valence-electron chi connectivity index (χ0n) is 19.1. The van der Waals surface area contributed by atoms with Gasteiger partial charge in [-0.25, -0.2) is 4.79 Å². The van der Waals surface area contributed by atoms with Gasteiger partial charge in [-0.05, 0) is 43.0 Å². The summed E-state index contributed by atoms with van der Waals surface area (Å²) in [5.74, 6) is 1.63. The number of aryl methyl sites for hydroxylation is 1. The second-order valence-electron chi connectivity index (χ2n) is 8.11. The number of thiophene rings is 1. The third kappa shape index (κ3) is 4.20. The van der Waals surface area contributed by atoms with E-state index in [-0.39, 0.29) is 6.03 Å². The Morgan fingerprint density at radius 1 is 1.09 bits per heavy atom. The number of ether oxygens (including phenoxy) is 1. The third-order valence-electron chi connectivity index (χ3n) is 5.91. The van der Waals surface area contributed by atoms with E-state index in [4.69, 9.17) is 14.2 Å². The van der Waals surface area contributed by atoms with Crippen molar-refractivity contribution in [1.82, 2.24) is 20.4 Å².